The van der Waals surface area contributed by atoms with Gasteiger partial charge in [-0.3, -0.25) is 19.6 Å². The first-order valence-corrected chi connectivity index (χ1v) is 6.71. The van der Waals surface area contributed by atoms with E-state index in [-0.39, 0.29) is 18.7 Å². The molecule has 0 amide bonds. The number of aromatic nitrogens is 2. The minimum Gasteiger partial charge on any atom is -0.496 e. The van der Waals surface area contributed by atoms with E-state index in [1.165, 1.54) is 18.0 Å². The number of methoxy groups -OCH3 is 1. The highest BCUT2D eigenvalue weighted by atomic mass is 16.6. The first kappa shape index (κ1) is 16.4. The minimum absolute atomic E-state index is 0.104. The number of rotatable bonds is 7. The molecule has 2 aromatic rings. The molecule has 2 rings (SSSR count). The van der Waals surface area contributed by atoms with Crippen LogP contribution in [0.4, 0.5) is 5.69 Å². The molecule has 0 aliphatic heterocycles. The highest BCUT2D eigenvalue weighted by Gasteiger charge is 2.15. The van der Waals surface area contributed by atoms with Gasteiger partial charge in [0, 0.05) is 5.56 Å². The normalized spacial score (nSPS) is 11.9. The summed E-state index contributed by atoms with van der Waals surface area (Å²) < 4.78 is 6.67. The van der Waals surface area contributed by atoms with E-state index in [2.05, 4.69) is 5.10 Å². The second-order valence-corrected chi connectivity index (χ2v) is 4.95. The van der Waals surface area contributed by atoms with Crippen molar-refractivity contribution in [2.75, 3.05) is 7.11 Å². The van der Waals surface area contributed by atoms with Crippen LogP contribution in [0.2, 0.25) is 0 Å². The van der Waals surface area contributed by atoms with Gasteiger partial charge >= 0.3 is 11.7 Å². The predicted molar refractivity (Wildman–Crippen MR) is 80.3 cm³/mol. The average Bonchev–Trinajstić information content (AvgIpc) is 2.96. The predicted octanol–water partition coefficient (Wildman–Crippen LogP) is 0.803. The summed E-state index contributed by atoms with van der Waals surface area (Å²) in [4.78, 5) is 21.0. The van der Waals surface area contributed by atoms with Crippen LogP contribution in [0.3, 0.4) is 0 Å². The fraction of sp³-hybridized carbons (Fsp3) is 0.286. The lowest BCUT2D eigenvalue weighted by atomic mass is 10.0. The number of aliphatic carboxylic acids is 1. The molecule has 1 unspecified atom stereocenters. The number of carboxylic acid groups (broad SMARTS) is 1. The van der Waals surface area contributed by atoms with Crippen LogP contribution in [0.25, 0.3) is 0 Å². The molecule has 122 valence electrons. The Morgan fingerprint density at radius 1 is 1.57 bits per heavy atom. The van der Waals surface area contributed by atoms with Crippen LogP contribution >= 0.6 is 0 Å². The van der Waals surface area contributed by atoms with Gasteiger partial charge in [0.05, 0.1) is 18.6 Å². The maximum Gasteiger partial charge on any atom is 0.320 e. The zero-order chi connectivity index (χ0) is 17.0. The second-order valence-electron chi connectivity index (χ2n) is 4.95. The molecule has 9 heteroatoms. The Balaban J connectivity index is 2.24. The van der Waals surface area contributed by atoms with E-state index in [1.807, 2.05) is 0 Å². The number of nitro groups is 1. The Labute approximate surface area is 131 Å². The molecule has 1 heterocycles. The standard InChI is InChI=1S/C14H16N4O5/c1-23-13-3-2-9(5-12(15)14(19)20)4-10(13)7-17-8-11(6-16-17)18(21)22/h2-4,6,8,12H,5,7,15H2,1H3,(H,19,20). The molecule has 9 nitrogen and oxygen atoms in total. The van der Waals surface area contributed by atoms with Crippen molar-refractivity contribution in [2.24, 2.45) is 5.73 Å². The van der Waals surface area contributed by atoms with E-state index in [0.29, 0.717) is 5.75 Å². The molecule has 0 fully saturated rings. The summed E-state index contributed by atoms with van der Waals surface area (Å²) in [5.74, 6) is -0.499. The molecular weight excluding hydrogens is 304 g/mol. The largest absolute Gasteiger partial charge is 0.496 e. The van der Waals surface area contributed by atoms with E-state index in [4.69, 9.17) is 15.6 Å². The number of nitrogens with two attached hydrogens (primary N) is 1. The first-order valence-electron chi connectivity index (χ1n) is 6.71. The molecule has 0 aliphatic carbocycles. The number of carboxylic acids is 1. The Kier molecular flexibility index (Phi) is 4.91. The number of hydrogen-bond acceptors (Lipinski definition) is 6. The topological polar surface area (TPSA) is 134 Å². The third-order valence-electron chi connectivity index (χ3n) is 3.28. The van der Waals surface area contributed by atoms with Gasteiger partial charge < -0.3 is 15.6 Å². The zero-order valence-corrected chi connectivity index (χ0v) is 12.4. The van der Waals surface area contributed by atoms with Crippen molar-refractivity contribution >= 4 is 11.7 Å². The summed E-state index contributed by atoms with van der Waals surface area (Å²) in [6.45, 7) is 0.257. The van der Waals surface area contributed by atoms with Crippen molar-refractivity contribution in [3.8, 4) is 5.75 Å². The van der Waals surface area contributed by atoms with Crippen LogP contribution in [0.1, 0.15) is 11.1 Å². The zero-order valence-electron chi connectivity index (χ0n) is 12.4. The van der Waals surface area contributed by atoms with Crippen LogP contribution in [0, 0.1) is 10.1 Å². The van der Waals surface area contributed by atoms with Crippen molar-refractivity contribution < 1.29 is 19.6 Å². The summed E-state index contributed by atoms with van der Waals surface area (Å²) >= 11 is 0. The van der Waals surface area contributed by atoms with Crippen LogP contribution in [-0.4, -0.2) is 38.9 Å². The Morgan fingerprint density at radius 2 is 2.30 bits per heavy atom. The second kappa shape index (κ2) is 6.88. The van der Waals surface area contributed by atoms with Gasteiger partial charge in [-0.1, -0.05) is 12.1 Å². The summed E-state index contributed by atoms with van der Waals surface area (Å²) in [7, 11) is 1.51. The Morgan fingerprint density at radius 3 is 2.87 bits per heavy atom. The van der Waals surface area contributed by atoms with Crippen molar-refractivity contribution in [3.63, 3.8) is 0 Å². The molecule has 1 atom stereocenters. The molecule has 0 saturated carbocycles. The van der Waals surface area contributed by atoms with Gasteiger partial charge in [-0.25, -0.2) is 0 Å². The summed E-state index contributed by atoms with van der Waals surface area (Å²) in [6, 6.07) is 4.20. The number of nitrogens with zero attached hydrogens (tertiary/aromatic N) is 3. The van der Waals surface area contributed by atoms with Crippen LogP contribution < -0.4 is 10.5 Å². The van der Waals surface area contributed by atoms with Crippen molar-refractivity contribution in [1.82, 2.24) is 9.78 Å². The highest BCUT2D eigenvalue weighted by molar-refractivity contribution is 5.73. The van der Waals surface area contributed by atoms with Crippen molar-refractivity contribution in [3.05, 3.63) is 51.8 Å². The van der Waals surface area contributed by atoms with Crippen molar-refractivity contribution in [1.29, 1.82) is 0 Å². The third kappa shape index (κ3) is 4.04. The van der Waals surface area contributed by atoms with E-state index >= 15 is 0 Å². The monoisotopic (exact) mass is 320 g/mol. The van der Waals surface area contributed by atoms with E-state index in [9.17, 15) is 14.9 Å². The molecule has 3 N–H and O–H groups in total. The van der Waals surface area contributed by atoms with Crippen LogP contribution in [-0.2, 0) is 17.8 Å². The molecule has 1 aromatic carbocycles. The van der Waals surface area contributed by atoms with E-state index < -0.39 is 16.9 Å². The van der Waals surface area contributed by atoms with Gasteiger partial charge in [-0.15, -0.1) is 0 Å². The van der Waals surface area contributed by atoms with Gasteiger partial charge in [-0.05, 0) is 18.1 Å². The van der Waals surface area contributed by atoms with Crippen LogP contribution in [0.15, 0.2) is 30.6 Å². The number of carbonyl (C=O) groups is 1. The first-order chi connectivity index (χ1) is 10.9. The maximum atomic E-state index is 10.8. The quantitative estimate of drug-likeness (QED) is 0.569. The third-order valence-corrected chi connectivity index (χ3v) is 3.28. The van der Waals surface area contributed by atoms with Gasteiger partial charge in [0.1, 0.15) is 24.2 Å². The van der Waals surface area contributed by atoms with E-state index in [0.717, 1.165) is 17.3 Å². The maximum absolute atomic E-state index is 10.8. The van der Waals surface area contributed by atoms with Gasteiger partial charge in [0.2, 0.25) is 0 Å². The lowest BCUT2D eigenvalue weighted by Gasteiger charge is -2.12. The number of ether oxygens (including phenoxy) is 1. The molecular formula is C14H16N4O5. The number of benzene rings is 1. The molecule has 0 bridgehead atoms. The lowest BCUT2D eigenvalue weighted by molar-refractivity contribution is -0.385. The Bertz CT molecular complexity index is 728. The Hall–Kier alpha value is -2.94. The SMILES string of the molecule is COc1ccc(CC(N)C(=O)O)cc1Cn1cc([N+](=O)[O-])cn1. The van der Waals surface area contributed by atoms with Crippen molar-refractivity contribution in [2.45, 2.75) is 19.0 Å². The minimum atomic E-state index is -1.08. The van der Waals surface area contributed by atoms with Crippen LogP contribution in [0.5, 0.6) is 5.75 Å². The fourth-order valence-electron chi connectivity index (χ4n) is 2.13. The fourth-order valence-corrected chi connectivity index (χ4v) is 2.13. The summed E-state index contributed by atoms with van der Waals surface area (Å²) in [5, 5.41) is 23.5. The molecule has 0 spiro atoms. The van der Waals surface area contributed by atoms with Gasteiger partial charge in [0.25, 0.3) is 0 Å². The van der Waals surface area contributed by atoms with E-state index in [1.54, 1.807) is 18.2 Å². The van der Waals surface area contributed by atoms with Gasteiger partial charge in [-0.2, -0.15) is 5.10 Å². The average molecular weight is 320 g/mol. The van der Waals surface area contributed by atoms with Gasteiger partial charge in [0.15, 0.2) is 0 Å². The summed E-state index contributed by atoms with van der Waals surface area (Å²) in [5.41, 5.74) is 6.89. The molecule has 0 aliphatic rings. The number of hydrogen-bond donors (Lipinski definition) is 2. The highest BCUT2D eigenvalue weighted by Crippen LogP contribution is 2.22. The molecule has 0 saturated heterocycles. The molecule has 23 heavy (non-hydrogen) atoms. The molecule has 1 aromatic heterocycles. The summed E-state index contributed by atoms with van der Waals surface area (Å²) in [6.07, 6.45) is 2.65. The lowest BCUT2D eigenvalue weighted by Crippen LogP contribution is -2.32. The smallest absolute Gasteiger partial charge is 0.320 e. The molecule has 0 radical (unpaired) electrons.